The second kappa shape index (κ2) is 7.11. The minimum atomic E-state index is 0.500. The Kier molecular flexibility index (Phi) is 4.31. The first-order valence-electron chi connectivity index (χ1n) is 10.0. The molecule has 3 N–H and O–H groups in total. The Balaban J connectivity index is 1.60. The molecule has 2 aromatic carbocycles. The lowest BCUT2D eigenvalue weighted by Crippen LogP contribution is -2.14. The summed E-state index contributed by atoms with van der Waals surface area (Å²) in [5, 5.41) is 17.2. The van der Waals surface area contributed by atoms with E-state index in [9.17, 15) is 0 Å². The molecular weight excluding hydrogens is 348 g/mol. The average molecular weight is 372 g/mol. The third-order valence-corrected chi connectivity index (χ3v) is 5.81. The van der Waals surface area contributed by atoms with Gasteiger partial charge in [0, 0.05) is 16.9 Å². The Morgan fingerprint density at radius 1 is 1.04 bits per heavy atom. The molecule has 1 fully saturated rings. The first-order chi connectivity index (χ1) is 13.8. The van der Waals surface area contributed by atoms with Gasteiger partial charge in [0.05, 0.1) is 17.8 Å². The van der Waals surface area contributed by atoms with Gasteiger partial charge in [-0.2, -0.15) is 5.10 Å². The molecular formula is C22H24N6. The quantitative estimate of drug-likeness (QED) is 0.552. The van der Waals surface area contributed by atoms with Crippen LogP contribution < -0.4 is 5.73 Å². The lowest BCUT2D eigenvalue weighted by atomic mass is 9.85. The maximum absolute atomic E-state index is 6.03. The Hall–Kier alpha value is -3.15. The number of anilines is 1. The van der Waals surface area contributed by atoms with E-state index in [2.05, 4.69) is 61.6 Å². The van der Waals surface area contributed by atoms with Gasteiger partial charge in [-0.25, -0.2) is 4.68 Å². The summed E-state index contributed by atoms with van der Waals surface area (Å²) in [7, 11) is 0. The van der Waals surface area contributed by atoms with Crippen LogP contribution in [-0.2, 0) is 6.54 Å². The van der Waals surface area contributed by atoms with Crippen molar-refractivity contribution >= 4 is 16.7 Å². The SMILES string of the molecule is Nc1n[nH]c2ccc(-c3nnn(Cc4ccccc4)c3C3CCCCC3)cc12. The highest BCUT2D eigenvalue weighted by Gasteiger charge is 2.25. The second-order valence-corrected chi connectivity index (χ2v) is 7.67. The number of nitrogens with zero attached hydrogens (tertiary/aromatic N) is 4. The summed E-state index contributed by atoms with van der Waals surface area (Å²) in [5.41, 5.74) is 11.5. The Morgan fingerprint density at radius 2 is 1.86 bits per heavy atom. The summed E-state index contributed by atoms with van der Waals surface area (Å²) in [6.45, 7) is 0.746. The fraction of sp³-hybridized carbons (Fsp3) is 0.318. The van der Waals surface area contributed by atoms with Crippen molar-refractivity contribution in [1.29, 1.82) is 0 Å². The number of aromatic amines is 1. The average Bonchev–Trinajstić information content (AvgIpc) is 3.33. The summed E-state index contributed by atoms with van der Waals surface area (Å²) in [6, 6.07) is 16.7. The van der Waals surface area contributed by atoms with E-state index in [-0.39, 0.29) is 0 Å². The number of H-pyrrole nitrogens is 1. The van der Waals surface area contributed by atoms with Crippen LogP contribution in [0.15, 0.2) is 48.5 Å². The van der Waals surface area contributed by atoms with Crippen LogP contribution in [0.4, 0.5) is 5.82 Å². The maximum atomic E-state index is 6.03. The highest BCUT2D eigenvalue weighted by molar-refractivity contribution is 5.92. The van der Waals surface area contributed by atoms with E-state index in [0.717, 1.165) is 28.7 Å². The zero-order valence-electron chi connectivity index (χ0n) is 15.8. The molecule has 0 bridgehead atoms. The molecule has 1 aliphatic carbocycles. The van der Waals surface area contributed by atoms with Gasteiger partial charge in [0.2, 0.25) is 0 Å². The molecule has 0 saturated heterocycles. The molecule has 6 heteroatoms. The highest BCUT2D eigenvalue weighted by Crippen LogP contribution is 2.38. The predicted molar refractivity (Wildman–Crippen MR) is 111 cm³/mol. The van der Waals surface area contributed by atoms with Crippen molar-refractivity contribution in [2.24, 2.45) is 0 Å². The largest absolute Gasteiger partial charge is 0.382 e. The molecule has 0 unspecified atom stereocenters. The van der Waals surface area contributed by atoms with Gasteiger partial charge in [-0.3, -0.25) is 5.10 Å². The van der Waals surface area contributed by atoms with Crippen LogP contribution in [0, 0.1) is 0 Å². The molecule has 0 atom stereocenters. The molecule has 2 aromatic heterocycles. The zero-order valence-corrected chi connectivity index (χ0v) is 15.8. The number of rotatable bonds is 4. The fourth-order valence-corrected chi connectivity index (χ4v) is 4.36. The van der Waals surface area contributed by atoms with Crippen LogP contribution in [0.25, 0.3) is 22.2 Å². The van der Waals surface area contributed by atoms with Crippen molar-refractivity contribution in [1.82, 2.24) is 25.2 Å². The third kappa shape index (κ3) is 3.05. The van der Waals surface area contributed by atoms with Crippen molar-refractivity contribution in [3.8, 4) is 11.3 Å². The van der Waals surface area contributed by atoms with E-state index in [4.69, 9.17) is 5.73 Å². The molecule has 1 saturated carbocycles. The van der Waals surface area contributed by atoms with Crippen LogP contribution in [0.5, 0.6) is 0 Å². The van der Waals surface area contributed by atoms with E-state index in [0.29, 0.717) is 11.7 Å². The van der Waals surface area contributed by atoms with Crippen molar-refractivity contribution in [3.63, 3.8) is 0 Å². The Bertz CT molecular complexity index is 1090. The summed E-state index contributed by atoms with van der Waals surface area (Å²) in [6.07, 6.45) is 6.27. The summed E-state index contributed by atoms with van der Waals surface area (Å²) in [5.74, 6) is 1.02. The number of fused-ring (bicyclic) bond motifs is 1. The van der Waals surface area contributed by atoms with Gasteiger partial charge in [-0.15, -0.1) is 5.10 Å². The molecule has 5 rings (SSSR count). The molecule has 2 heterocycles. The van der Waals surface area contributed by atoms with Gasteiger partial charge in [-0.05, 0) is 30.5 Å². The Labute approximate surface area is 163 Å². The summed E-state index contributed by atoms with van der Waals surface area (Å²) in [4.78, 5) is 0. The van der Waals surface area contributed by atoms with Crippen LogP contribution in [0.2, 0.25) is 0 Å². The van der Waals surface area contributed by atoms with Gasteiger partial charge < -0.3 is 5.73 Å². The van der Waals surface area contributed by atoms with Crippen molar-refractivity contribution in [3.05, 3.63) is 59.8 Å². The molecule has 4 aromatic rings. The number of nitrogens with two attached hydrogens (primary N) is 1. The molecule has 0 aliphatic heterocycles. The molecule has 0 amide bonds. The topological polar surface area (TPSA) is 85.4 Å². The van der Waals surface area contributed by atoms with Crippen LogP contribution in [-0.4, -0.2) is 25.2 Å². The summed E-state index contributed by atoms with van der Waals surface area (Å²) < 4.78 is 2.10. The van der Waals surface area contributed by atoms with Gasteiger partial charge in [0.1, 0.15) is 5.69 Å². The van der Waals surface area contributed by atoms with Crippen molar-refractivity contribution in [2.45, 2.75) is 44.6 Å². The van der Waals surface area contributed by atoms with E-state index in [1.165, 1.54) is 43.4 Å². The maximum Gasteiger partial charge on any atom is 0.153 e. The zero-order chi connectivity index (χ0) is 18.9. The molecule has 0 radical (unpaired) electrons. The van der Waals surface area contributed by atoms with Crippen molar-refractivity contribution in [2.75, 3.05) is 5.73 Å². The first kappa shape index (κ1) is 17.0. The normalized spacial score (nSPS) is 15.3. The number of nitrogens with one attached hydrogen (secondary N) is 1. The molecule has 1 aliphatic rings. The number of hydrogen-bond acceptors (Lipinski definition) is 4. The van der Waals surface area contributed by atoms with Crippen LogP contribution >= 0.6 is 0 Å². The van der Waals surface area contributed by atoms with E-state index >= 15 is 0 Å². The standard InChI is InChI=1S/C22H24N6/c23-22-18-13-17(11-12-19(18)24-26-22)20-21(16-9-5-2-6-10-16)28(27-25-20)14-15-7-3-1-4-8-15/h1,3-4,7-8,11-13,16H,2,5-6,9-10,14H2,(H3,23,24,26). The van der Waals surface area contributed by atoms with Gasteiger partial charge >= 0.3 is 0 Å². The number of hydrogen-bond donors (Lipinski definition) is 2. The Morgan fingerprint density at radius 3 is 2.68 bits per heavy atom. The van der Waals surface area contributed by atoms with E-state index in [1.54, 1.807) is 0 Å². The van der Waals surface area contributed by atoms with E-state index in [1.807, 2.05) is 12.1 Å². The predicted octanol–water partition coefficient (Wildman–Crippen LogP) is 4.50. The fourth-order valence-electron chi connectivity index (χ4n) is 4.36. The smallest absolute Gasteiger partial charge is 0.153 e. The van der Waals surface area contributed by atoms with Gasteiger partial charge in [0.15, 0.2) is 5.82 Å². The first-order valence-corrected chi connectivity index (χ1v) is 10.0. The molecule has 28 heavy (non-hydrogen) atoms. The van der Waals surface area contributed by atoms with Gasteiger partial charge in [0.25, 0.3) is 0 Å². The summed E-state index contributed by atoms with van der Waals surface area (Å²) >= 11 is 0. The molecule has 0 spiro atoms. The monoisotopic (exact) mass is 372 g/mol. The minimum Gasteiger partial charge on any atom is -0.382 e. The second-order valence-electron chi connectivity index (χ2n) is 7.67. The number of aromatic nitrogens is 5. The molecule has 142 valence electrons. The molecule has 6 nitrogen and oxygen atoms in total. The lowest BCUT2D eigenvalue weighted by Gasteiger charge is -2.23. The van der Waals surface area contributed by atoms with Gasteiger partial charge in [-0.1, -0.05) is 60.9 Å². The van der Waals surface area contributed by atoms with Crippen LogP contribution in [0.3, 0.4) is 0 Å². The van der Waals surface area contributed by atoms with Crippen molar-refractivity contribution < 1.29 is 0 Å². The highest BCUT2D eigenvalue weighted by atomic mass is 15.4. The number of benzene rings is 2. The van der Waals surface area contributed by atoms with E-state index < -0.39 is 0 Å². The van der Waals surface area contributed by atoms with Crippen LogP contribution in [0.1, 0.15) is 49.3 Å². The lowest BCUT2D eigenvalue weighted by molar-refractivity contribution is 0.420. The third-order valence-electron chi connectivity index (χ3n) is 5.81. The minimum absolute atomic E-state index is 0.500. The number of nitrogen functional groups attached to an aromatic ring is 1.